The first kappa shape index (κ1) is 21.4. The molecule has 152 valence electrons. The minimum atomic E-state index is -3.85. The number of halogens is 2. The average Bonchev–Trinajstić information content (AvgIpc) is 3.21. The van der Waals surface area contributed by atoms with Crippen molar-refractivity contribution in [3.05, 3.63) is 46.1 Å². The number of hydrogen-bond donors (Lipinski definition) is 0. The molecule has 1 aliphatic rings. The number of sulfonamides is 1. The number of nitrogens with zero attached hydrogens (tertiary/aromatic N) is 4. The van der Waals surface area contributed by atoms with Gasteiger partial charge in [0.2, 0.25) is 0 Å². The Hall–Kier alpha value is -1.32. The lowest BCUT2D eigenvalue weighted by atomic mass is 9.98. The molecule has 3 aromatic rings. The van der Waals surface area contributed by atoms with E-state index in [2.05, 4.69) is 22.9 Å². The fraction of sp³-hybridized carbons (Fsp3) is 0.389. The van der Waals surface area contributed by atoms with Crippen molar-refractivity contribution in [3.63, 3.8) is 0 Å². The Kier molecular flexibility index (Phi) is 6.26. The van der Waals surface area contributed by atoms with Gasteiger partial charge in [0.25, 0.3) is 10.0 Å². The van der Waals surface area contributed by atoms with Crippen molar-refractivity contribution in [2.24, 2.45) is 0 Å². The molecule has 0 radical (unpaired) electrons. The molecule has 0 saturated heterocycles. The first-order valence-electron chi connectivity index (χ1n) is 8.94. The first-order valence-corrected chi connectivity index (χ1v) is 11.6. The minimum Gasteiger partial charge on any atom is -0.299 e. The summed E-state index contributed by atoms with van der Waals surface area (Å²) in [5.41, 5.74) is 3.04. The van der Waals surface area contributed by atoms with Gasteiger partial charge in [0.05, 0.1) is 5.69 Å². The number of hydrogen-bond acceptors (Lipinski definition) is 5. The summed E-state index contributed by atoms with van der Waals surface area (Å²) >= 11 is 7.58. The van der Waals surface area contributed by atoms with Gasteiger partial charge in [-0.05, 0) is 37.1 Å². The number of fused-ring (bicyclic) bond motifs is 2. The van der Waals surface area contributed by atoms with Crippen LogP contribution in [-0.2, 0) is 23.0 Å². The molecule has 0 bridgehead atoms. The maximum Gasteiger partial charge on any atom is 0.283 e. The molecule has 0 fully saturated rings. The van der Waals surface area contributed by atoms with E-state index in [1.54, 1.807) is 16.0 Å². The maximum atomic E-state index is 13.5. The molecular weight excluding hydrogens is 439 g/mol. The second-order valence-electron chi connectivity index (χ2n) is 6.47. The van der Waals surface area contributed by atoms with Gasteiger partial charge in [-0.15, -0.1) is 23.7 Å². The smallest absolute Gasteiger partial charge is 0.283 e. The molecule has 0 atom stereocenters. The summed E-state index contributed by atoms with van der Waals surface area (Å²) in [6, 6.07) is 5.91. The van der Waals surface area contributed by atoms with Crippen LogP contribution in [0, 0.1) is 0 Å². The lowest BCUT2D eigenvalue weighted by molar-refractivity contribution is 0.268. The number of rotatable bonds is 5. The molecule has 0 saturated carbocycles. The van der Waals surface area contributed by atoms with Gasteiger partial charge < -0.3 is 0 Å². The molecule has 6 nitrogen and oxygen atoms in total. The van der Waals surface area contributed by atoms with Crippen LogP contribution in [-0.4, -0.2) is 42.3 Å². The van der Waals surface area contributed by atoms with Crippen molar-refractivity contribution in [1.82, 2.24) is 14.3 Å². The number of benzene rings is 1. The van der Waals surface area contributed by atoms with Crippen LogP contribution in [0.3, 0.4) is 0 Å². The zero-order valence-electron chi connectivity index (χ0n) is 15.6. The maximum absolute atomic E-state index is 13.5. The van der Waals surface area contributed by atoms with E-state index in [9.17, 15) is 8.42 Å². The fourth-order valence-corrected chi connectivity index (χ4v) is 6.61. The number of aromatic nitrogens is 2. The van der Waals surface area contributed by atoms with Crippen LogP contribution >= 0.6 is 35.3 Å². The topological polar surface area (TPSA) is 57.9 Å². The lowest BCUT2D eigenvalue weighted by Crippen LogP contribution is -2.35. The van der Waals surface area contributed by atoms with Crippen LogP contribution in [0.15, 0.2) is 34.8 Å². The van der Waals surface area contributed by atoms with Gasteiger partial charge in [0.1, 0.15) is 0 Å². The summed E-state index contributed by atoms with van der Waals surface area (Å²) in [7, 11) is -3.85. The first-order chi connectivity index (χ1) is 13.0. The van der Waals surface area contributed by atoms with E-state index in [1.165, 1.54) is 21.2 Å². The predicted molar refractivity (Wildman–Crippen MR) is 117 cm³/mol. The van der Waals surface area contributed by atoms with Crippen molar-refractivity contribution < 1.29 is 8.42 Å². The highest BCUT2D eigenvalue weighted by Gasteiger charge is 2.33. The van der Waals surface area contributed by atoms with Crippen LogP contribution in [0.5, 0.6) is 0 Å². The number of imidazole rings is 1. The standard InChI is InChI=1S/C18H21ClN4O2S2.ClH/c1-3-21-9-8-14-13(12-21)6-5-7-15(14)23(4-2)27(24,25)17-16(19)20-18-22(17)10-11-26-18;/h5-7,10-11H,3-4,8-9,12H2,1-2H3;1H. The average molecular weight is 461 g/mol. The number of anilines is 1. The third-order valence-electron chi connectivity index (χ3n) is 5.04. The highest BCUT2D eigenvalue weighted by Crippen LogP contribution is 2.35. The van der Waals surface area contributed by atoms with E-state index in [0.717, 1.165) is 37.3 Å². The summed E-state index contributed by atoms with van der Waals surface area (Å²) < 4.78 is 30.1. The zero-order chi connectivity index (χ0) is 19.2. The molecule has 3 heterocycles. The molecule has 1 aliphatic heterocycles. The normalized spacial score (nSPS) is 14.7. The van der Waals surface area contributed by atoms with E-state index >= 15 is 0 Å². The van der Waals surface area contributed by atoms with Gasteiger partial charge in [-0.3, -0.25) is 13.6 Å². The van der Waals surface area contributed by atoms with Gasteiger partial charge in [0, 0.05) is 31.2 Å². The van der Waals surface area contributed by atoms with Crippen molar-refractivity contribution in [2.75, 3.05) is 23.9 Å². The summed E-state index contributed by atoms with van der Waals surface area (Å²) in [5.74, 6) is 0. The van der Waals surface area contributed by atoms with Gasteiger partial charge in [-0.2, -0.15) is 8.42 Å². The molecule has 0 spiro atoms. The SMILES string of the molecule is CCN1CCc2c(cccc2N(CC)S(=O)(=O)c2c(Cl)nc3sccn23)C1.Cl. The largest absolute Gasteiger partial charge is 0.299 e. The summed E-state index contributed by atoms with van der Waals surface area (Å²) in [5, 5.41) is 1.85. The molecule has 2 aromatic heterocycles. The third-order valence-corrected chi connectivity index (χ3v) is 8.08. The summed E-state index contributed by atoms with van der Waals surface area (Å²) in [6.45, 7) is 7.08. The molecule has 0 N–H and O–H groups in total. The zero-order valence-corrected chi connectivity index (χ0v) is 18.8. The van der Waals surface area contributed by atoms with Gasteiger partial charge in [-0.1, -0.05) is 30.7 Å². The van der Waals surface area contributed by atoms with Gasteiger partial charge in [-0.25, -0.2) is 4.98 Å². The van der Waals surface area contributed by atoms with Gasteiger partial charge in [0.15, 0.2) is 15.1 Å². The van der Waals surface area contributed by atoms with E-state index < -0.39 is 10.0 Å². The van der Waals surface area contributed by atoms with Crippen LogP contribution < -0.4 is 4.31 Å². The Morgan fingerprint density at radius 3 is 2.82 bits per heavy atom. The molecule has 1 aromatic carbocycles. The molecule has 0 amide bonds. The van der Waals surface area contributed by atoms with Gasteiger partial charge >= 0.3 is 0 Å². The van der Waals surface area contributed by atoms with Crippen molar-refractivity contribution >= 4 is 56.0 Å². The van der Waals surface area contributed by atoms with Crippen molar-refractivity contribution in [2.45, 2.75) is 31.8 Å². The Morgan fingerprint density at radius 2 is 2.11 bits per heavy atom. The molecule has 10 heteroatoms. The molecule has 28 heavy (non-hydrogen) atoms. The highest BCUT2D eigenvalue weighted by atomic mass is 35.5. The second-order valence-corrected chi connectivity index (χ2v) is 9.48. The van der Waals surface area contributed by atoms with E-state index in [4.69, 9.17) is 11.6 Å². The van der Waals surface area contributed by atoms with E-state index in [-0.39, 0.29) is 22.6 Å². The van der Waals surface area contributed by atoms with E-state index in [1.807, 2.05) is 19.1 Å². The Balaban J connectivity index is 0.00000225. The summed E-state index contributed by atoms with van der Waals surface area (Å²) in [6.07, 6.45) is 2.53. The Morgan fingerprint density at radius 1 is 1.32 bits per heavy atom. The molecule has 4 rings (SSSR count). The molecular formula is C18H22Cl2N4O2S2. The highest BCUT2D eigenvalue weighted by molar-refractivity contribution is 7.92. The number of likely N-dealkylation sites (N-methyl/N-ethyl adjacent to an activating group) is 1. The molecule has 0 unspecified atom stereocenters. The van der Waals surface area contributed by atoms with E-state index in [0.29, 0.717) is 11.5 Å². The fourth-order valence-electron chi connectivity index (χ4n) is 3.69. The molecule has 0 aliphatic carbocycles. The van der Waals surface area contributed by atoms with Crippen molar-refractivity contribution in [3.8, 4) is 0 Å². The summed E-state index contributed by atoms with van der Waals surface area (Å²) in [4.78, 5) is 7.13. The third kappa shape index (κ3) is 3.41. The monoisotopic (exact) mass is 460 g/mol. The van der Waals surface area contributed by atoms with Crippen LogP contribution in [0.25, 0.3) is 4.96 Å². The predicted octanol–water partition coefficient (Wildman–Crippen LogP) is 4.06. The van der Waals surface area contributed by atoms with Crippen molar-refractivity contribution in [1.29, 1.82) is 0 Å². The lowest BCUT2D eigenvalue weighted by Gasteiger charge is -2.32. The second kappa shape index (κ2) is 8.20. The van der Waals surface area contributed by atoms with Crippen LogP contribution in [0.4, 0.5) is 5.69 Å². The minimum absolute atomic E-state index is 0. The number of thiazole rings is 1. The van der Waals surface area contributed by atoms with Crippen LogP contribution in [0.2, 0.25) is 5.15 Å². The Labute approximate surface area is 180 Å². The quantitative estimate of drug-likeness (QED) is 0.575. The Bertz CT molecular complexity index is 1090. The van der Waals surface area contributed by atoms with Crippen LogP contribution in [0.1, 0.15) is 25.0 Å².